The fourth-order valence-corrected chi connectivity index (χ4v) is 2.72. The lowest BCUT2D eigenvalue weighted by molar-refractivity contribution is 0.464. The summed E-state index contributed by atoms with van der Waals surface area (Å²) < 4.78 is 1.87. The van der Waals surface area contributed by atoms with E-state index in [1.54, 1.807) is 0 Å². The van der Waals surface area contributed by atoms with Crippen LogP contribution < -0.4 is 5.32 Å². The molecule has 17 heavy (non-hydrogen) atoms. The molecule has 1 aromatic heterocycles. The zero-order valence-corrected chi connectivity index (χ0v) is 10.3. The van der Waals surface area contributed by atoms with Crippen LogP contribution >= 0.6 is 0 Å². The van der Waals surface area contributed by atoms with E-state index in [-0.39, 0.29) is 5.41 Å². The van der Waals surface area contributed by atoms with E-state index in [2.05, 4.69) is 47.8 Å². The Hall–Kier alpha value is -1.61. The fraction of sp³-hybridized carbons (Fsp3) is 0.357. The zero-order valence-electron chi connectivity index (χ0n) is 10.3. The molecule has 1 aliphatic heterocycles. The molecule has 1 aliphatic rings. The minimum atomic E-state index is 0.0309. The second-order valence-corrected chi connectivity index (χ2v) is 5.00. The van der Waals surface area contributed by atoms with Gasteiger partial charge in [-0.1, -0.05) is 31.2 Å². The van der Waals surface area contributed by atoms with E-state index in [0.29, 0.717) is 0 Å². The third-order valence-electron chi connectivity index (χ3n) is 3.75. The smallest absolute Gasteiger partial charge is 0.0531 e. The SMILES string of the molecule is Cn1cc(C2(C)CNCc3ccccc32)cn1. The van der Waals surface area contributed by atoms with Crippen LogP contribution in [0.25, 0.3) is 0 Å². The molecule has 0 aliphatic carbocycles. The average molecular weight is 227 g/mol. The summed E-state index contributed by atoms with van der Waals surface area (Å²) in [5.74, 6) is 0. The first-order valence-electron chi connectivity index (χ1n) is 5.98. The van der Waals surface area contributed by atoms with Crippen LogP contribution in [-0.4, -0.2) is 16.3 Å². The van der Waals surface area contributed by atoms with Gasteiger partial charge < -0.3 is 5.32 Å². The highest BCUT2D eigenvalue weighted by Crippen LogP contribution is 2.35. The summed E-state index contributed by atoms with van der Waals surface area (Å²) in [6, 6.07) is 8.67. The van der Waals surface area contributed by atoms with Gasteiger partial charge in [0, 0.05) is 37.3 Å². The number of hydrogen-bond donors (Lipinski definition) is 1. The summed E-state index contributed by atoms with van der Waals surface area (Å²) in [5.41, 5.74) is 4.12. The average Bonchev–Trinajstić information content (AvgIpc) is 2.77. The van der Waals surface area contributed by atoms with Gasteiger partial charge in [0.2, 0.25) is 0 Å². The Kier molecular flexibility index (Phi) is 2.30. The summed E-state index contributed by atoms with van der Waals surface area (Å²) in [6.07, 6.45) is 4.09. The maximum atomic E-state index is 4.30. The molecule has 0 saturated heterocycles. The Labute approximate surface area is 101 Å². The minimum absolute atomic E-state index is 0.0309. The van der Waals surface area contributed by atoms with Gasteiger partial charge in [0.25, 0.3) is 0 Å². The summed E-state index contributed by atoms with van der Waals surface area (Å²) in [6.45, 7) is 4.22. The number of hydrogen-bond acceptors (Lipinski definition) is 2. The Bertz CT molecular complexity index is 544. The van der Waals surface area contributed by atoms with Gasteiger partial charge in [-0.3, -0.25) is 4.68 Å². The van der Waals surface area contributed by atoms with E-state index >= 15 is 0 Å². The first-order valence-corrected chi connectivity index (χ1v) is 5.98. The Morgan fingerprint density at radius 3 is 2.94 bits per heavy atom. The highest BCUT2D eigenvalue weighted by Gasteiger charge is 2.34. The molecular formula is C14H17N3. The predicted molar refractivity (Wildman–Crippen MR) is 67.8 cm³/mol. The standard InChI is InChI=1S/C14H17N3/c1-14(12-8-16-17(2)9-12)10-15-7-11-5-3-4-6-13(11)14/h3-6,8-9,15H,7,10H2,1-2H3. The zero-order chi connectivity index (χ0) is 11.9. The topological polar surface area (TPSA) is 29.9 Å². The Balaban J connectivity index is 2.15. The maximum Gasteiger partial charge on any atom is 0.0531 e. The summed E-state index contributed by atoms with van der Waals surface area (Å²) in [4.78, 5) is 0. The van der Waals surface area contributed by atoms with E-state index in [1.165, 1.54) is 16.7 Å². The predicted octanol–water partition coefficient (Wildman–Crippen LogP) is 1.83. The third kappa shape index (κ3) is 1.58. The molecule has 2 heterocycles. The minimum Gasteiger partial charge on any atom is -0.311 e. The monoisotopic (exact) mass is 227 g/mol. The van der Waals surface area contributed by atoms with E-state index in [0.717, 1.165) is 13.1 Å². The molecule has 3 heteroatoms. The van der Waals surface area contributed by atoms with Gasteiger partial charge in [-0.2, -0.15) is 5.10 Å². The number of aromatic nitrogens is 2. The van der Waals surface area contributed by atoms with Crippen molar-refractivity contribution in [2.45, 2.75) is 18.9 Å². The Morgan fingerprint density at radius 2 is 2.18 bits per heavy atom. The van der Waals surface area contributed by atoms with Gasteiger partial charge in [0.15, 0.2) is 0 Å². The molecule has 0 bridgehead atoms. The van der Waals surface area contributed by atoms with Crippen molar-refractivity contribution in [1.29, 1.82) is 0 Å². The number of nitrogens with one attached hydrogen (secondary N) is 1. The lowest BCUT2D eigenvalue weighted by atomic mass is 9.73. The first-order chi connectivity index (χ1) is 8.20. The van der Waals surface area contributed by atoms with Crippen molar-refractivity contribution in [3.8, 4) is 0 Å². The van der Waals surface area contributed by atoms with Gasteiger partial charge in [0.05, 0.1) is 6.20 Å². The van der Waals surface area contributed by atoms with Gasteiger partial charge in [-0.25, -0.2) is 0 Å². The molecule has 1 N–H and O–H groups in total. The highest BCUT2D eigenvalue weighted by atomic mass is 15.2. The van der Waals surface area contributed by atoms with Crippen LogP contribution in [0.4, 0.5) is 0 Å². The second-order valence-electron chi connectivity index (χ2n) is 5.00. The van der Waals surface area contributed by atoms with Crippen molar-refractivity contribution in [2.24, 2.45) is 7.05 Å². The lowest BCUT2D eigenvalue weighted by Gasteiger charge is -2.35. The molecule has 0 spiro atoms. The molecule has 0 saturated carbocycles. The van der Waals surface area contributed by atoms with Crippen molar-refractivity contribution in [3.63, 3.8) is 0 Å². The molecule has 3 rings (SSSR count). The van der Waals surface area contributed by atoms with E-state index in [9.17, 15) is 0 Å². The van der Waals surface area contributed by atoms with Crippen LogP contribution in [0.1, 0.15) is 23.6 Å². The third-order valence-corrected chi connectivity index (χ3v) is 3.75. The van der Waals surface area contributed by atoms with E-state index in [1.807, 2.05) is 17.9 Å². The largest absolute Gasteiger partial charge is 0.311 e. The number of nitrogens with zero attached hydrogens (tertiary/aromatic N) is 2. The van der Waals surface area contributed by atoms with Crippen LogP contribution in [0, 0.1) is 0 Å². The van der Waals surface area contributed by atoms with Crippen LogP contribution in [0.3, 0.4) is 0 Å². The summed E-state index contributed by atoms with van der Waals surface area (Å²) >= 11 is 0. The maximum absolute atomic E-state index is 4.30. The molecule has 1 aromatic carbocycles. The van der Waals surface area contributed by atoms with Gasteiger partial charge in [-0.15, -0.1) is 0 Å². The first kappa shape index (κ1) is 10.5. The number of fused-ring (bicyclic) bond motifs is 1. The Morgan fingerprint density at radius 1 is 1.35 bits per heavy atom. The molecule has 0 fully saturated rings. The summed E-state index contributed by atoms with van der Waals surface area (Å²) in [5, 5.41) is 7.80. The quantitative estimate of drug-likeness (QED) is 0.805. The molecule has 2 aromatic rings. The summed E-state index contributed by atoms with van der Waals surface area (Å²) in [7, 11) is 1.97. The van der Waals surface area contributed by atoms with Crippen LogP contribution in [-0.2, 0) is 19.0 Å². The highest BCUT2D eigenvalue weighted by molar-refractivity contribution is 5.43. The lowest BCUT2D eigenvalue weighted by Crippen LogP contribution is -2.41. The van der Waals surface area contributed by atoms with Gasteiger partial charge in [0.1, 0.15) is 0 Å². The van der Waals surface area contributed by atoms with Crippen LogP contribution in [0.2, 0.25) is 0 Å². The normalized spacial score (nSPS) is 23.4. The molecule has 1 atom stereocenters. The van der Waals surface area contributed by atoms with Gasteiger partial charge >= 0.3 is 0 Å². The van der Waals surface area contributed by atoms with Crippen LogP contribution in [0.15, 0.2) is 36.7 Å². The van der Waals surface area contributed by atoms with Crippen molar-refractivity contribution < 1.29 is 0 Å². The van der Waals surface area contributed by atoms with Gasteiger partial charge in [-0.05, 0) is 11.1 Å². The van der Waals surface area contributed by atoms with E-state index < -0.39 is 0 Å². The van der Waals surface area contributed by atoms with Crippen molar-refractivity contribution in [3.05, 3.63) is 53.3 Å². The number of benzene rings is 1. The van der Waals surface area contributed by atoms with Crippen molar-refractivity contribution in [2.75, 3.05) is 6.54 Å². The number of rotatable bonds is 1. The van der Waals surface area contributed by atoms with E-state index in [4.69, 9.17) is 0 Å². The molecule has 0 radical (unpaired) electrons. The molecule has 3 nitrogen and oxygen atoms in total. The fourth-order valence-electron chi connectivity index (χ4n) is 2.72. The molecule has 88 valence electrons. The molecule has 0 amide bonds. The van der Waals surface area contributed by atoms with Crippen LogP contribution in [0.5, 0.6) is 0 Å². The van der Waals surface area contributed by atoms with Crippen molar-refractivity contribution >= 4 is 0 Å². The second kappa shape index (κ2) is 3.70. The molecule has 1 unspecified atom stereocenters. The molecular weight excluding hydrogens is 210 g/mol. The van der Waals surface area contributed by atoms with Crippen molar-refractivity contribution in [1.82, 2.24) is 15.1 Å². The number of aryl methyl sites for hydroxylation is 1.